The molecular weight excluding hydrogens is 591 g/mol. The number of fused-ring (bicyclic) bond motifs is 6. The van der Waals surface area contributed by atoms with Gasteiger partial charge in [-0.15, -0.1) is 0 Å². The standard InChI is InChI=1S/C48H39N/c1-2-8-33(9-3-1)34-16-18-39(19-17-34)49(40-20-22-43-36(29-40)15-14-35-10-4-5-11-42(35)43)41-21-23-47-45(30-41)44-12-6-7-13-46(44)48(47)37-25-31-24-32(27-37)28-38(48)26-31/h1-23,29-32,37-38H,24-28H2. The van der Waals surface area contributed by atoms with E-state index in [-0.39, 0.29) is 5.41 Å². The fraction of sp³-hybridized carbons (Fsp3) is 0.208. The topological polar surface area (TPSA) is 3.24 Å². The smallest absolute Gasteiger partial charge is 0.0468 e. The zero-order valence-corrected chi connectivity index (χ0v) is 27.7. The molecule has 49 heavy (non-hydrogen) atoms. The van der Waals surface area contributed by atoms with Crippen LogP contribution < -0.4 is 4.90 Å². The average molecular weight is 630 g/mol. The SMILES string of the molecule is c1ccc(-c2ccc(N(c3ccc4c(c3)-c3ccccc3C43C4CC5CC(C4)CC3C5)c3ccc4c(ccc5ccccc54)c3)cc2)cc1. The Morgan fingerprint density at radius 3 is 1.82 bits per heavy atom. The molecule has 4 saturated carbocycles. The molecule has 0 aliphatic heterocycles. The van der Waals surface area contributed by atoms with Crippen LogP contribution in [0, 0.1) is 23.7 Å². The molecule has 1 spiro atoms. The molecule has 7 aromatic carbocycles. The number of benzene rings is 7. The summed E-state index contributed by atoms with van der Waals surface area (Å²) in [4.78, 5) is 2.48. The number of anilines is 3. The Kier molecular flexibility index (Phi) is 5.91. The molecule has 0 amide bonds. The van der Waals surface area contributed by atoms with E-state index < -0.39 is 0 Å². The van der Waals surface area contributed by atoms with Crippen LogP contribution in [0.2, 0.25) is 0 Å². The van der Waals surface area contributed by atoms with Crippen LogP contribution in [0.1, 0.15) is 43.2 Å². The predicted molar refractivity (Wildman–Crippen MR) is 205 cm³/mol. The Morgan fingerprint density at radius 1 is 0.408 bits per heavy atom. The van der Waals surface area contributed by atoms with Gasteiger partial charge in [0.25, 0.3) is 0 Å². The van der Waals surface area contributed by atoms with Crippen LogP contribution in [0.3, 0.4) is 0 Å². The zero-order valence-electron chi connectivity index (χ0n) is 27.7. The molecule has 5 aliphatic rings. The zero-order chi connectivity index (χ0) is 32.1. The highest BCUT2D eigenvalue weighted by Gasteiger charge is 2.61. The van der Waals surface area contributed by atoms with Crippen LogP contribution in [0.5, 0.6) is 0 Å². The molecule has 1 heteroatoms. The number of nitrogens with zero attached hydrogens (tertiary/aromatic N) is 1. The van der Waals surface area contributed by atoms with Crippen molar-refractivity contribution >= 4 is 38.6 Å². The minimum atomic E-state index is 0.185. The summed E-state index contributed by atoms with van der Waals surface area (Å²) in [6.45, 7) is 0. The van der Waals surface area contributed by atoms with E-state index in [1.807, 2.05) is 0 Å². The average Bonchev–Trinajstić information content (AvgIpc) is 3.44. The maximum Gasteiger partial charge on any atom is 0.0468 e. The van der Waals surface area contributed by atoms with E-state index in [9.17, 15) is 0 Å². The van der Waals surface area contributed by atoms with Gasteiger partial charge in [0, 0.05) is 22.5 Å². The maximum absolute atomic E-state index is 2.55. The summed E-state index contributed by atoms with van der Waals surface area (Å²) in [6, 6.07) is 57.1. The third kappa shape index (κ3) is 3.99. The van der Waals surface area contributed by atoms with Gasteiger partial charge >= 0.3 is 0 Å². The molecule has 1 nitrogen and oxygen atoms in total. The Hall–Kier alpha value is -5.14. The minimum Gasteiger partial charge on any atom is -0.310 e. The molecular formula is C48H39N. The first-order valence-electron chi connectivity index (χ1n) is 18.4. The normalized spacial score (nSPS) is 24.4. The van der Waals surface area contributed by atoms with Crippen LogP contribution in [0.15, 0.2) is 152 Å². The second-order valence-electron chi connectivity index (χ2n) is 15.4. The van der Waals surface area contributed by atoms with Gasteiger partial charge in [0.1, 0.15) is 0 Å². The molecule has 0 saturated heterocycles. The Balaban J connectivity index is 1.09. The van der Waals surface area contributed by atoms with Gasteiger partial charge in [-0.05, 0) is 147 Å². The van der Waals surface area contributed by atoms with E-state index in [0.29, 0.717) is 0 Å². The second kappa shape index (κ2) is 10.4. The third-order valence-corrected chi connectivity index (χ3v) is 13.0. The largest absolute Gasteiger partial charge is 0.310 e. The summed E-state index contributed by atoms with van der Waals surface area (Å²) in [5.41, 5.74) is 12.4. The Labute approximate surface area is 288 Å². The van der Waals surface area contributed by atoms with Crippen molar-refractivity contribution in [1.82, 2.24) is 0 Å². The van der Waals surface area contributed by atoms with E-state index in [0.717, 1.165) is 23.7 Å². The van der Waals surface area contributed by atoms with Gasteiger partial charge in [0.05, 0.1) is 0 Å². The fourth-order valence-electron chi connectivity index (χ4n) is 11.3. The lowest BCUT2D eigenvalue weighted by Gasteiger charge is -2.61. The van der Waals surface area contributed by atoms with Gasteiger partial charge in [-0.25, -0.2) is 0 Å². The quantitative estimate of drug-likeness (QED) is 0.175. The Bertz CT molecular complexity index is 2370. The van der Waals surface area contributed by atoms with E-state index in [1.165, 1.54) is 93.0 Å². The molecule has 0 aromatic heterocycles. The first-order valence-corrected chi connectivity index (χ1v) is 18.4. The lowest BCUT2D eigenvalue weighted by atomic mass is 9.43. The molecule has 0 N–H and O–H groups in total. The number of rotatable bonds is 4. The fourth-order valence-corrected chi connectivity index (χ4v) is 11.3. The lowest BCUT2D eigenvalue weighted by Crippen LogP contribution is -2.55. The lowest BCUT2D eigenvalue weighted by molar-refractivity contribution is -0.0399. The first-order chi connectivity index (χ1) is 24.2. The molecule has 0 unspecified atom stereocenters. The van der Waals surface area contributed by atoms with E-state index in [4.69, 9.17) is 0 Å². The van der Waals surface area contributed by atoms with E-state index >= 15 is 0 Å². The van der Waals surface area contributed by atoms with Gasteiger partial charge in [-0.2, -0.15) is 0 Å². The summed E-state index contributed by atoms with van der Waals surface area (Å²) in [7, 11) is 0. The van der Waals surface area contributed by atoms with Crippen molar-refractivity contribution in [3.05, 3.63) is 163 Å². The van der Waals surface area contributed by atoms with Crippen LogP contribution >= 0.6 is 0 Å². The highest BCUT2D eigenvalue weighted by Crippen LogP contribution is 2.69. The predicted octanol–water partition coefficient (Wildman–Crippen LogP) is 12.9. The summed E-state index contributed by atoms with van der Waals surface area (Å²) < 4.78 is 0. The van der Waals surface area contributed by atoms with E-state index in [1.54, 1.807) is 11.1 Å². The van der Waals surface area contributed by atoms with Crippen LogP contribution in [-0.2, 0) is 5.41 Å². The highest BCUT2D eigenvalue weighted by atomic mass is 15.1. The molecule has 236 valence electrons. The van der Waals surface area contributed by atoms with Crippen molar-refractivity contribution < 1.29 is 0 Å². The molecule has 5 aliphatic carbocycles. The molecule has 12 rings (SSSR count). The van der Waals surface area contributed by atoms with Crippen molar-refractivity contribution in [2.75, 3.05) is 4.90 Å². The molecule has 0 atom stereocenters. The van der Waals surface area contributed by atoms with Crippen LogP contribution in [0.4, 0.5) is 17.1 Å². The van der Waals surface area contributed by atoms with Crippen molar-refractivity contribution in [1.29, 1.82) is 0 Å². The highest BCUT2D eigenvalue weighted by molar-refractivity contribution is 6.08. The van der Waals surface area contributed by atoms with Gasteiger partial charge < -0.3 is 4.90 Å². The summed E-state index contributed by atoms with van der Waals surface area (Å²) in [6.07, 6.45) is 7.13. The van der Waals surface area contributed by atoms with E-state index in [2.05, 4.69) is 157 Å². The van der Waals surface area contributed by atoms with Gasteiger partial charge in [0.15, 0.2) is 0 Å². The monoisotopic (exact) mass is 629 g/mol. The summed E-state index contributed by atoms with van der Waals surface area (Å²) >= 11 is 0. The van der Waals surface area contributed by atoms with Gasteiger partial charge in [-0.3, -0.25) is 0 Å². The van der Waals surface area contributed by atoms with Gasteiger partial charge in [-0.1, -0.05) is 115 Å². The van der Waals surface area contributed by atoms with Crippen molar-refractivity contribution in [2.24, 2.45) is 23.7 Å². The molecule has 4 fully saturated rings. The Morgan fingerprint density at radius 2 is 1.00 bits per heavy atom. The van der Waals surface area contributed by atoms with Crippen LogP contribution in [0.25, 0.3) is 43.8 Å². The summed E-state index contributed by atoms with van der Waals surface area (Å²) in [5.74, 6) is 3.44. The van der Waals surface area contributed by atoms with Gasteiger partial charge in [0.2, 0.25) is 0 Å². The summed E-state index contributed by atoms with van der Waals surface area (Å²) in [5, 5.41) is 5.15. The molecule has 0 heterocycles. The molecule has 4 bridgehead atoms. The minimum absolute atomic E-state index is 0.185. The maximum atomic E-state index is 2.55. The number of hydrogen-bond acceptors (Lipinski definition) is 1. The third-order valence-electron chi connectivity index (χ3n) is 13.0. The van der Waals surface area contributed by atoms with Crippen molar-refractivity contribution in [3.8, 4) is 22.3 Å². The molecule has 0 radical (unpaired) electrons. The molecule has 7 aromatic rings. The number of hydrogen-bond donors (Lipinski definition) is 0. The van der Waals surface area contributed by atoms with Crippen molar-refractivity contribution in [3.63, 3.8) is 0 Å². The van der Waals surface area contributed by atoms with Crippen molar-refractivity contribution in [2.45, 2.75) is 37.5 Å². The van der Waals surface area contributed by atoms with Crippen LogP contribution in [-0.4, -0.2) is 0 Å². The first kappa shape index (κ1) is 27.8. The second-order valence-corrected chi connectivity index (χ2v) is 15.4.